The van der Waals surface area contributed by atoms with Gasteiger partial charge in [0.15, 0.2) is 0 Å². The van der Waals surface area contributed by atoms with Gasteiger partial charge in [0.25, 0.3) is 0 Å². The summed E-state index contributed by atoms with van der Waals surface area (Å²) < 4.78 is 0. The van der Waals surface area contributed by atoms with E-state index in [4.69, 9.17) is 0 Å². The number of rotatable bonds is 7. The van der Waals surface area contributed by atoms with E-state index in [0.717, 1.165) is 19.4 Å². The van der Waals surface area contributed by atoms with E-state index >= 15 is 0 Å². The molecule has 0 bridgehead atoms. The monoisotopic (exact) mass is 262 g/mol. The third kappa shape index (κ3) is 6.82. The molecule has 1 rings (SSSR count). The maximum absolute atomic E-state index is 11.3. The predicted molar refractivity (Wildman–Crippen MR) is 71.4 cm³/mol. The first kappa shape index (κ1) is 15.4. The largest absolute Gasteiger partial charge is 0.355 e. The predicted octanol–water partition coefficient (Wildman–Crippen LogP) is 1.83. The fourth-order valence-corrected chi connectivity index (χ4v) is 2.04. The zero-order valence-electron chi connectivity index (χ0n) is 9.49. The topological polar surface area (TPSA) is 41.1 Å². The minimum Gasteiger partial charge on any atom is -0.355 e. The number of carbonyl (C=O) groups is 1. The Morgan fingerprint density at radius 2 is 2.25 bits per heavy atom. The standard InChI is InChI=1S/C11H18N2OS.ClH/c1-12-7-8-13-11(14)6-2-4-10-5-3-9-15-10;/h3,5,9,12H,2,4,6-8H2,1H3,(H,13,14);1H. The molecule has 0 unspecified atom stereocenters. The summed E-state index contributed by atoms with van der Waals surface area (Å²) in [5, 5.41) is 7.93. The van der Waals surface area contributed by atoms with Crippen molar-refractivity contribution >= 4 is 29.7 Å². The van der Waals surface area contributed by atoms with Crippen molar-refractivity contribution in [2.24, 2.45) is 0 Å². The van der Waals surface area contributed by atoms with Crippen molar-refractivity contribution in [1.82, 2.24) is 10.6 Å². The molecule has 92 valence electrons. The first-order chi connectivity index (χ1) is 7.33. The Morgan fingerprint density at radius 1 is 1.44 bits per heavy atom. The average Bonchev–Trinajstić information content (AvgIpc) is 2.71. The van der Waals surface area contributed by atoms with Crippen LogP contribution < -0.4 is 10.6 Å². The quantitative estimate of drug-likeness (QED) is 0.736. The molecule has 16 heavy (non-hydrogen) atoms. The highest BCUT2D eigenvalue weighted by atomic mass is 35.5. The zero-order valence-corrected chi connectivity index (χ0v) is 11.1. The zero-order chi connectivity index (χ0) is 10.9. The van der Waals surface area contributed by atoms with Crippen LogP contribution >= 0.6 is 23.7 Å². The molecule has 1 amide bonds. The number of thiophene rings is 1. The maximum atomic E-state index is 11.3. The van der Waals surface area contributed by atoms with Crippen LogP contribution in [0.3, 0.4) is 0 Å². The molecule has 0 aromatic carbocycles. The second kappa shape index (κ2) is 9.63. The second-order valence-electron chi connectivity index (χ2n) is 3.39. The molecule has 1 heterocycles. The van der Waals surface area contributed by atoms with Crippen molar-refractivity contribution in [2.45, 2.75) is 19.3 Å². The Balaban J connectivity index is 0.00000225. The van der Waals surface area contributed by atoms with Gasteiger partial charge in [-0.1, -0.05) is 6.07 Å². The molecule has 0 radical (unpaired) electrons. The molecule has 0 saturated carbocycles. The van der Waals surface area contributed by atoms with Crippen LogP contribution in [0.5, 0.6) is 0 Å². The third-order valence-corrected chi connectivity index (χ3v) is 3.04. The molecule has 0 aliphatic carbocycles. The Kier molecular flexibility index (Phi) is 9.28. The van der Waals surface area contributed by atoms with Gasteiger partial charge in [0, 0.05) is 24.4 Å². The van der Waals surface area contributed by atoms with Gasteiger partial charge >= 0.3 is 0 Å². The van der Waals surface area contributed by atoms with Crippen LogP contribution in [-0.4, -0.2) is 26.0 Å². The summed E-state index contributed by atoms with van der Waals surface area (Å²) in [4.78, 5) is 12.7. The van der Waals surface area contributed by atoms with Crippen LogP contribution in [0, 0.1) is 0 Å². The Labute approximate surface area is 107 Å². The summed E-state index contributed by atoms with van der Waals surface area (Å²) in [6.45, 7) is 1.55. The van der Waals surface area contributed by atoms with Gasteiger partial charge in [0.2, 0.25) is 5.91 Å². The molecule has 5 heteroatoms. The maximum Gasteiger partial charge on any atom is 0.220 e. The molecular formula is C11H19ClN2OS. The summed E-state index contributed by atoms with van der Waals surface area (Å²) in [7, 11) is 1.88. The third-order valence-electron chi connectivity index (χ3n) is 2.10. The van der Waals surface area contributed by atoms with E-state index in [9.17, 15) is 4.79 Å². The second-order valence-corrected chi connectivity index (χ2v) is 4.42. The van der Waals surface area contributed by atoms with Crippen molar-refractivity contribution < 1.29 is 4.79 Å². The number of aryl methyl sites for hydroxylation is 1. The van der Waals surface area contributed by atoms with Gasteiger partial charge in [-0.25, -0.2) is 0 Å². The van der Waals surface area contributed by atoms with E-state index in [-0.39, 0.29) is 18.3 Å². The lowest BCUT2D eigenvalue weighted by molar-refractivity contribution is -0.121. The summed E-state index contributed by atoms with van der Waals surface area (Å²) in [5.74, 6) is 0.154. The van der Waals surface area contributed by atoms with E-state index < -0.39 is 0 Å². The van der Waals surface area contributed by atoms with Crippen LogP contribution in [-0.2, 0) is 11.2 Å². The summed E-state index contributed by atoms with van der Waals surface area (Å²) in [6.07, 6.45) is 2.57. The molecular weight excluding hydrogens is 244 g/mol. The van der Waals surface area contributed by atoms with Crippen LogP contribution in [0.1, 0.15) is 17.7 Å². The van der Waals surface area contributed by atoms with E-state index in [1.54, 1.807) is 11.3 Å². The number of amides is 1. The Hall–Kier alpha value is -0.580. The van der Waals surface area contributed by atoms with E-state index in [1.807, 2.05) is 13.1 Å². The normalized spacial score (nSPS) is 9.56. The number of hydrogen-bond donors (Lipinski definition) is 2. The molecule has 0 aliphatic heterocycles. The molecule has 0 atom stereocenters. The molecule has 2 N–H and O–H groups in total. The fraction of sp³-hybridized carbons (Fsp3) is 0.545. The van der Waals surface area contributed by atoms with E-state index in [2.05, 4.69) is 22.1 Å². The number of nitrogens with one attached hydrogen (secondary N) is 2. The van der Waals surface area contributed by atoms with Crippen molar-refractivity contribution in [2.75, 3.05) is 20.1 Å². The van der Waals surface area contributed by atoms with Crippen LogP contribution in [0.15, 0.2) is 17.5 Å². The van der Waals surface area contributed by atoms with Crippen molar-refractivity contribution in [1.29, 1.82) is 0 Å². The molecule has 1 aromatic heterocycles. The minimum atomic E-state index is 0. The SMILES string of the molecule is CNCCNC(=O)CCCc1cccs1.Cl. The van der Waals surface area contributed by atoms with Crippen molar-refractivity contribution in [3.05, 3.63) is 22.4 Å². The smallest absolute Gasteiger partial charge is 0.220 e. The van der Waals surface area contributed by atoms with Crippen LogP contribution in [0.4, 0.5) is 0 Å². The Morgan fingerprint density at radius 3 is 2.88 bits per heavy atom. The number of hydrogen-bond acceptors (Lipinski definition) is 3. The van der Waals surface area contributed by atoms with Gasteiger partial charge in [-0.05, 0) is 31.3 Å². The lowest BCUT2D eigenvalue weighted by Crippen LogP contribution is -2.30. The van der Waals surface area contributed by atoms with Crippen molar-refractivity contribution in [3.8, 4) is 0 Å². The highest BCUT2D eigenvalue weighted by molar-refractivity contribution is 7.09. The van der Waals surface area contributed by atoms with Gasteiger partial charge < -0.3 is 10.6 Å². The fourth-order valence-electron chi connectivity index (χ4n) is 1.29. The average molecular weight is 263 g/mol. The number of halogens is 1. The van der Waals surface area contributed by atoms with E-state index in [1.165, 1.54) is 4.88 Å². The molecule has 3 nitrogen and oxygen atoms in total. The first-order valence-corrected chi connectivity index (χ1v) is 6.14. The first-order valence-electron chi connectivity index (χ1n) is 5.26. The molecule has 0 saturated heterocycles. The van der Waals surface area contributed by atoms with Gasteiger partial charge in [-0.2, -0.15) is 0 Å². The van der Waals surface area contributed by atoms with Crippen molar-refractivity contribution in [3.63, 3.8) is 0 Å². The van der Waals surface area contributed by atoms with E-state index in [0.29, 0.717) is 13.0 Å². The number of carbonyl (C=O) groups excluding carboxylic acids is 1. The van der Waals surface area contributed by atoms with Crippen LogP contribution in [0.25, 0.3) is 0 Å². The molecule has 0 aliphatic rings. The summed E-state index contributed by atoms with van der Waals surface area (Å²) in [5.41, 5.74) is 0. The lowest BCUT2D eigenvalue weighted by Gasteiger charge is -2.03. The molecule has 1 aromatic rings. The van der Waals surface area contributed by atoms with Gasteiger partial charge in [-0.15, -0.1) is 23.7 Å². The number of likely N-dealkylation sites (N-methyl/N-ethyl adjacent to an activating group) is 1. The summed E-state index contributed by atoms with van der Waals surface area (Å²) >= 11 is 1.75. The highest BCUT2D eigenvalue weighted by Gasteiger charge is 2.00. The van der Waals surface area contributed by atoms with Gasteiger partial charge in [0.05, 0.1) is 0 Å². The highest BCUT2D eigenvalue weighted by Crippen LogP contribution is 2.11. The minimum absolute atomic E-state index is 0. The van der Waals surface area contributed by atoms with Gasteiger partial charge in [-0.3, -0.25) is 4.79 Å². The lowest BCUT2D eigenvalue weighted by atomic mass is 10.2. The van der Waals surface area contributed by atoms with Gasteiger partial charge in [0.1, 0.15) is 0 Å². The molecule has 0 fully saturated rings. The summed E-state index contributed by atoms with van der Waals surface area (Å²) in [6, 6.07) is 4.16. The Bertz CT molecular complexity index is 278. The van der Waals surface area contributed by atoms with Crippen LogP contribution in [0.2, 0.25) is 0 Å². The molecule has 0 spiro atoms.